The van der Waals surface area contributed by atoms with E-state index in [1.807, 2.05) is 36.4 Å². The Balaban J connectivity index is 1.23. The van der Waals surface area contributed by atoms with Gasteiger partial charge in [0.15, 0.2) is 10.8 Å². The van der Waals surface area contributed by atoms with E-state index in [1.54, 1.807) is 11.3 Å². The summed E-state index contributed by atoms with van der Waals surface area (Å²) in [6.07, 6.45) is 8.76. The van der Waals surface area contributed by atoms with Crippen molar-refractivity contribution in [1.82, 2.24) is 9.88 Å². The van der Waals surface area contributed by atoms with Crippen molar-refractivity contribution in [2.45, 2.75) is 51.9 Å². The van der Waals surface area contributed by atoms with E-state index in [0.717, 1.165) is 46.5 Å². The molecule has 2 aromatic heterocycles. The second kappa shape index (κ2) is 6.47. The number of hydrogen-bond donors (Lipinski definition) is 0. The molecule has 0 saturated heterocycles. The Kier molecular flexibility index (Phi) is 4.19. The van der Waals surface area contributed by atoms with Gasteiger partial charge in [0.25, 0.3) is 0 Å². The number of carbonyl (C=O) groups excluding carboxylic acids is 1. The Bertz CT molecular complexity index is 817. The van der Waals surface area contributed by atoms with E-state index in [0.29, 0.717) is 11.8 Å². The van der Waals surface area contributed by atoms with E-state index in [4.69, 9.17) is 4.42 Å². The number of rotatable bonds is 5. The van der Waals surface area contributed by atoms with E-state index in [2.05, 4.69) is 4.98 Å². The zero-order chi connectivity index (χ0) is 18.6. The van der Waals surface area contributed by atoms with Crippen molar-refractivity contribution in [2.24, 2.45) is 23.2 Å². The van der Waals surface area contributed by atoms with E-state index in [9.17, 15) is 4.79 Å². The van der Waals surface area contributed by atoms with Crippen LogP contribution >= 0.6 is 11.3 Å². The summed E-state index contributed by atoms with van der Waals surface area (Å²) in [7, 11) is 1.99. The second-order valence-electron chi connectivity index (χ2n) is 9.40. The molecule has 6 rings (SSSR count). The van der Waals surface area contributed by atoms with E-state index >= 15 is 0 Å². The predicted molar refractivity (Wildman–Crippen MR) is 106 cm³/mol. The molecule has 0 unspecified atom stereocenters. The maximum absolute atomic E-state index is 12.9. The Morgan fingerprint density at radius 3 is 2.48 bits per heavy atom. The molecule has 0 N–H and O–H groups in total. The van der Waals surface area contributed by atoms with Gasteiger partial charge in [-0.15, -0.1) is 11.3 Å². The van der Waals surface area contributed by atoms with Crippen LogP contribution in [0.2, 0.25) is 0 Å². The van der Waals surface area contributed by atoms with Gasteiger partial charge in [0, 0.05) is 19.0 Å². The first kappa shape index (κ1) is 17.5. The third kappa shape index (κ3) is 3.35. The first-order valence-electron chi connectivity index (χ1n) is 10.2. The third-order valence-corrected chi connectivity index (χ3v) is 7.90. The van der Waals surface area contributed by atoms with Gasteiger partial charge in [0.2, 0.25) is 5.91 Å². The van der Waals surface area contributed by atoms with E-state index < -0.39 is 0 Å². The summed E-state index contributed by atoms with van der Waals surface area (Å²) in [4.78, 5) is 19.5. The highest BCUT2D eigenvalue weighted by molar-refractivity contribution is 7.13. The normalized spacial score (nSPS) is 31.4. The SMILES string of the molecule is Cc1ccc(-c2nc(CC(=O)N(C)CC34CC5CC(CC(C5)C3)C4)cs2)o1. The molecule has 144 valence electrons. The van der Waals surface area contributed by atoms with Gasteiger partial charge in [0.05, 0.1) is 12.1 Å². The monoisotopic (exact) mass is 384 g/mol. The van der Waals surface area contributed by atoms with Crippen LogP contribution < -0.4 is 0 Å². The van der Waals surface area contributed by atoms with Crippen molar-refractivity contribution in [3.63, 3.8) is 0 Å². The Morgan fingerprint density at radius 2 is 1.89 bits per heavy atom. The van der Waals surface area contributed by atoms with Gasteiger partial charge in [-0.05, 0) is 80.8 Å². The van der Waals surface area contributed by atoms with Crippen LogP contribution in [0.4, 0.5) is 0 Å². The van der Waals surface area contributed by atoms with Crippen LogP contribution in [0.3, 0.4) is 0 Å². The molecule has 5 heteroatoms. The first-order valence-corrected chi connectivity index (χ1v) is 11.1. The summed E-state index contributed by atoms with van der Waals surface area (Å²) in [6, 6.07) is 3.89. The lowest BCUT2D eigenvalue weighted by Gasteiger charge is -2.57. The molecule has 4 aliphatic carbocycles. The fourth-order valence-electron chi connectivity index (χ4n) is 6.42. The summed E-state index contributed by atoms with van der Waals surface area (Å²) in [6.45, 7) is 2.87. The van der Waals surface area contributed by atoms with Crippen molar-refractivity contribution in [2.75, 3.05) is 13.6 Å². The van der Waals surface area contributed by atoms with Gasteiger partial charge in [-0.3, -0.25) is 4.79 Å². The van der Waals surface area contributed by atoms with Crippen LogP contribution in [0.1, 0.15) is 50.0 Å². The van der Waals surface area contributed by atoms with Crippen molar-refractivity contribution < 1.29 is 9.21 Å². The van der Waals surface area contributed by atoms with Crippen LogP contribution in [0.15, 0.2) is 21.9 Å². The maximum Gasteiger partial charge on any atom is 0.228 e. The van der Waals surface area contributed by atoms with Crippen molar-refractivity contribution in [3.8, 4) is 10.8 Å². The molecule has 4 nitrogen and oxygen atoms in total. The fraction of sp³-hybridized carbons (Fsp3) is 0.636. The quantitative estimate of drug-likeness (QED) is 0.734. The molecular formula is C22H28N2O2S. The van der Waals surface area contributed by atoms with Crippen LogP contribution in [0.25, 0.3) is 10.8 Å². The van der Waals surface area contributed by atoms with Crippen LogP contribution in [-0.2, 0) is 11.2 Å². The highest BCUT2D eigenvalue weighted by Gasteiger charge is 2.51. The highest BCUT2D eigenvalue weighted by Crippen LogP contribution is 2.60. The molecule has 4 saturated carbocycles. The summed E-state index contributed by atoms with van der Waals surface area (Å²) in [5, 5.41) is 2.85. The average molecular weight is 385 g/mol. The highest BCUT2D eigenvalue weighted by atomic mass is 32.1. The summed E-state index contributed by atoms with van der Waals surface area (Å²) in [5.74, 6) is 4.65. The lowest BCUT2D eigenvalue weighted by Crippen LogP contribution is -2.51. The Morgan fingerprint density at radius 1 is 1.22 bits per heavy atom. The number of aromatic nitrogens is 1. The molecule has 0 aromatic carbocycles. The molecule has 4 aliphatic rings. The van der Waals surface area contributed by atoms with Gasteiger partial charge in [-0.1, -0.05) is 0 Å². The minimum Gasteiger partial charge on any atom is -0.459 e. The van der Waals surface area contributed by atoms with E-state index in [-0.39, 0.29) is 5.91 Å². The molecule has 2 aromatic rings. The smallest absolute Gasteiger partial charge is 0.228 e. The number of furan rings is 1. The number of hydrogen-bond acceptors (Lipinski definition) is 4. The zero-order valence-corrected chi connectivity index (χ0v) is 17.1. The van der Waals surface area contributed by atoms with Gasteiger partial charge in [-0.2, -0.15) is 0 Å². The molecule has 0 spiro atoms. The standard InChI is InChI=1S/C22H28N2O2S/c1-14-3-4-19(26-14)21-23-18(12-27-21)8-20(25)24(2)13-22-9-15-5-16(10-22)7-17(6-15)11-22/h3-4,12,15-17H,5-11,13H2,1-2H3. The average Bonchev–Trinajstić information content (AvgIpc) is 3.22. The van der Waals surface area contributed by atoms with Crippen molar-refractivity contribution in [1.29, 1.82) is 0 Å². The lowest BCUT2D eigenvalue weighted by molar-refractivity contribution is -0.134. The van der Waals surface area contributed by atoms with Crippen LogP contribution in [-0.4, -0.2) is 29.4 Å². The molecular weight excluding hydrogens is 356 g/mol. The Hall–Kier alpha value is -1.62. The van der Waals surface area contributed by atoms with Gasteiger partial charge < -0.3 is 9.32 Å². The topological polar surface area (TPSA) is 46.3 Å². The summed E-state index contributed by atoms with van der Waals surface area (Å²) < 4.78 is 5.65. The van der Waals surface area contributed by atoms with Gasteiger partial charge in [-0.25, -0.2) is 4.98 Å². The summed E-state index contributed by atoms with van der Waals surface area (Å²) >= 11 is 1.55. The lowest BCUT2D eigenvalue weighted by atomic mass is 9.49. The number of amides is 1. The van der Waals surface area contributed by atoms with Crippen LogP contribution in [0, 0.1) is 30.1 Å². The molecule has 4 fully saturated rings. The third-order valence-electron chi connectivity index (χ3n) is 7.00. The molecule has 4 bridgehead atoms. The molecule has 1 amide bonds. The number of carbonyl (C=O) groups is 1. The van der Waals surface area contributed by atoms with Gasteiger partial charge >= 0.3 is 0 Å². The number of thiazole rings is 1. The molecule has 0 radical (unpaired) electrons. The number of aryl methyl sites for hydroxylation is 1. The summed E-state index contributed by atoms with van der Waals surface area (Å²) in [5.41, 5.74) is 1.25. The largest absolute Gasteiger partial charge is 0.459 e. The van der Waals surface area contributed by atoms with Crippen molar-refractivity contribution >= 4 is 17.2 Å². The maximum atomic E-state index is 12.9. The minimum atomic E-state index is 0.193. The molecule has 0 aliphatic heterocycles. The van der Waals surface area contributed by atoms with Gasteiger partial charge in [0.1, 0.15) is 5.76 Å². The first-order chi connectivity index (χ1) is 13.0. The van der Waals surface area contributed by atoms with Crippen LogP contribution in [0.5, 0.6) is 0 Å². The zero-order valence-electron chi connectivity index (χ0n) is 16.2. The second-order valence-corrected chi connectivity index (χ2v) is 10.3. The molecule has 27 heavy (non-hydrogen) atoms. The minimum absolute atomic E-state index is 0.193. The Labute approximate surface area is 165 Å². The fourth-order valence-corrected chi connectivity index (χ4v) is 7.20. The number of nitrogens with zero attached hydrogens (tertiary/aromatic N) is 2. The predicted octanol–water partition coefficient (Wildman–Crippen LogP) is 4.93. The van der Waals surface area contributed by atoms with E-state index in [1.165, 1.54) is 38.5 Å². The molecule has 0 atom stereocenters. The number of likely N-dealkylation sites (N-methyl/N-ethyl adjacent to an activating group) is 1. The van der Waals surface area contributed by atoms with Crippen molar-refractivity contribution in [3.05, 3.63) is 29.0 Å². The molecule has 2 heterocycles.